The minimum absolute atomic E-state index is 0.1000. The Kier molecular flexibility index (Phi) is 7.69. The van der Waals surface area contributed by atoms with Crippen LogP contribution in [0.1, 0.15) is 12.5 Å². The van der Waals surface area contributed by atoms with Crippen molar-refractivity contribution in [2.24, 2.45) is 4.99 Å². The fourth-order valence-electron chi connectivity index (χ4n) is 2.17. The Bertz CT molecular complexity index is 647. The molecular weight excluding hydrogens is 341 g/mol. The molecule has 0 saturated heterocycles. The number of hydrogen-bond donors (Lipinski definition) is 2. The van der Waals surface area contributed by atoms with Gasteiger partial charge in [0.05, 0.1) is 6.54 Å². The number of aliphatic hydroxyl groups is 1. The molecule has 136 valence electrons. The maximum Gasteiger partial charge on any atom is 0.194 e. The number of nitrogens with one attached hydrogen (secondary N) is 1. The molecule has 0 spiro atoms. The van der Waals surface area contributed by atoms with E-state index in [4.69, 9.17) is 4.74 Å². The minimum Gasteiger partial charge on any atom is -0.491 e. The lowest BCUT2D eigenvalue weighted by Gasteiger charge is -2.22. The molecule has 2 N–H and O–H groups in total. The van der Waals surface area contributed by atoms with E-state index in [-0.39, 0.29) is 19.0 Å². The molecule has 1 unspecified atom stereocenters. The van der Waals surface area contributed by atoms with Gasteiger partial charge in [0.1, 0.15) is 24.3 Å². The number of halogens is 1. The van der Waals surface area contributed by atoms with Crippen molar-refractivity contribution in [1.82, 2.24) is 10.2 Å². The van der Waals surface area contributed by atoms with Gasteiger partial charge in [0.25, 0.3) is 0 Å². The lowest BCUT2D eigenvalue weighted by molar-refractivity contribution is 0.114. The third-order valence-electron chi connectivity index (χ3n) is 3.40. The first-order valence-corrected chi connectivity index (χ1v) is 9.09. The second-order valence-corrected chi connectivity index (χ2v) is 6.38. The Labute approximate surface area is 151 Å². The first-order chi connectivity index (χ1) is 12.1. The smallest absolute Gasteiger partial charge is 0.194 e. The van der Waals surface area contributed by atoms with Crippen LogP contribution >= 0.6 is 11.3 Å². The molecule has 25 heavy (non-hydrogen) atoms. The molecule has 0 aliphatic rings. The molecule has 0 fully saturated rings. The Balaban J connectivity index is 1.85. The summed E-state index contributed by atoms with van der Waals surface area (Å²) >= 11 is 1.66. The average molecular weight is 365 g/mol. The molecule has 1 aromatic heterocycles. The summed E-state index contributed by atoms with van der Waals surface area (Å²) in [6, 6.07) is 7.79. The van der Waals surface area contributed by atoms with E-state index in [0.717, 1.165) is 19.0 Å². The monoisotopic (exact) mass is 365 g/mol. The summed E-state index contributed by atoms with van der Waals surface area (Å²) in [5, 5.41) is 17.4. The molecule has 5 nitrogen and oxygen atoms in total. The van der Waals surface area contributed by atoms with E-state index in [1.54, 1.807) is 11.3 Å². The van der Waals surface area contributed by atoms with E-state index in [1.807, 2.05) is 24.3 Å². The van der Waals surface area contributed by atoms with Crippen LogP contribution in [0.5, 0.6) is 5.75 Å². The third-order valence-corrected chi connectivity index (χ3v) is 4.14. The molecule has 0 aliphatic carbocycles. The van der Waals surface area contributed by atoms with Crippen LogP contribution < -0.4 is 10.1 Å². The summed E-state index contributed by atoms with van der Waals surface area (Å²) in [6.45, 7) is 3.81. The Morgan fingerprint density at radius 2 is 2.12 bits per heavy atom. The lowest BCUT2D eigenvalue weighted by atomic mass is 10.3. The highest BCUT2D eigenvalue weighted by Gasteiger charge is 2.10. The number of hydrogen-bond acceptors (Lipinski definition) is 4. The molecule has 0 bridgehead atoms. The van der Waals surface area contributed by atoms with Crippen LogP contribution in [0.2, 0.25) is 0 Å². The van der Waals surface area contributed by atoms with E-state index in [0.29, 0.717) is 5.75 Å². The summed E-state index contributed by atoms with van der Waals surface area (Å²) in [5.41, 5.74) is 1.22. The normalized spacial score (nSPS) is 12.7. The number of guanidine groups is 1. The van der Waals surface area contributed by atoms with Crippen molar-refractivity contribution < 1.29 is 14.2 Å². The molecule has 7 heteroatoms. The summed E-state index contributed by atoms with van der Waals surface area (Å²) in [5.74, 6) is 0.932. The van der Waals surface area contributed by atoms with Crippen molar-refractivity contribution in [3.05, 3.63) is 52.5 Å². The topological polar surface area (TPSA) is 57.1 Å². The van der Waals surface area contributed by atoms with Crippen LogP contribution in [0.3, 0.4) is 0 Å². The SMILES string of the molecule is CCNC(=NCC(O)COc1ccc(F)cc1)N(C)Cc1ccsc1. The van der Waals surface area contributed by atoms with Crippen LogP contribution in [0.4, 0.5) is 4.39 Å². The third kappa shape index (κ3) is 6.72. The van der Waals surface area contributed by atoms with Gasteiger partial charge in [-0.3, -0.25) is 4.99 Å². The number of ether oxygens (including phenoxy) is 1. The summed E-state index contributed by atoms with van der Waals surface area (Å²) in [4.78, 5) is 6.48. The highest BCUT2D eigenvalue weighted by atomic mass is 32.1. The highest BCUT2D eigenvalue weighted by molar-refractivity contribution is 7.07. The Morgan fingerprint density at radius 3 is 2.76 bits per heavy atom. The maximum atomic E-state index is 12.8. The van der Waals surface area contributed by atoms with Gasteiger partial charge in [0, 0.05) is 20.1 Å². The van der Waals surface area contributed by atoms with Crippen molar-refractivity contribution in [1.29, 1.82) is 0 Å². The van der Waals surface area contributed by atoms with Crippen LogP contribution in [-0.4, -0.2) is 48.8 Å². The number of benzene rings is 1. The second-order valence-electron chi connectivity index (χ2n) is 5.60. The predicted octanol–water partition coefficient (Wildman–Crippen LogP) is 2.72. The van der Waals surface area contributed by atoms with Crippen LogP contribution in [0.25, 0.3) is 0 Å². The molecule has 0 amide bonds. The van der Waals surface area contributed by atoms with Crippen molar-refractivity contribution in [2.75, 3.05) is 26.7 Å². The number of rotatable bonds is 8. The van der Waals surface area contributed by atoms with E-state index in [1.165, 1.54) is 29.8 Å². The average Bonchev–Trinajstić information content (AvgIpc) is 3.11. The molecular formula is C18H24FN3O2S. The van der Waals surface area contributed by atoms with Crippen molar-refractivity contribution in [2.45, 2.75) is 19.6 Å². The zero-order chi connectivity index (χ0) is 18.1. The molecule has 2 aromatic rings. The van der Waals surface area contributed by atoms with Gasteiger partial charge in [-0.05, 0) is 53.6 Å². The number of thiophene rings is 1. The highest BCUT2D eigenvalue weighted by Crippen LogP contribution is 2.11. The minimum atomic E-state index is -0.742. The lowest BCUT2D eigenvalue weighted by Crippen LogP contribution is -2.39. The molecule has 1 aromatic carbocycles. The molecule has 0 saturated carbocycles. The zero-order valence-corrected chi connectivity index (χ0v) is 15.3. The summed E-state index contributed by atoms with van der Waals surface area (Å²) in [6.07, 6.45) is -0.742. The number of aliphatic hydroxyl groups excluding tert-OH is 1. The molecule has 1 heterocycles. The fourth-order valence-corrected chi connectivity index (χ4v) is 2.83. The predicted molar refractivity (Wildman–Crippen MR) is 99.7 cm³/mol. The summed E-state index contributed by atoms with van der Waals surface area (Å²) in [7, 11) is 1.96. The first-order valence-electron chi connectivity index (χ1n) is 8.15. The van der Waals surface area contributed by atoms with Crippen molar-refractivity contribution in [3.8, 4) is 5.75 Å². The van der Waals surface area contributed by atoms with E-state index >= 15 is 0 Å². The molecule has 2 rings (SSSR count). The van der Waals surface area contributed by atoms with E-state index in [9.17, 15) is 9.50 Å². The van der Waals surface area contributed by atoms with Gasteiger partial charge in [-0.2, -0.15) is 11.3 Å². The van der Waals surface area contributed by atoms with Gasteiger partial charge in [-0.25, -0.2) is 4.39 Å². The van der Waals surface area contributed by atoms with Crippen molar-refractivity contribution >= 4 is 17.3 Å². The maximum absolute atomic E-state index is 12.8. The van der Waals surface area contributed by atoms with Gasteiger partial charge < -0.3 is 20.1 Å². The van der Waals surface area contributed by atoms with Gasteiger partial charge in [-0.1, -0.05) is 0 Å². The van der Waals surface area contributed by atoms with Gasteiger partial charge in [0.15, 0.2) is 5.96 Å². The summed E-state index contributed by atoms with van der Waals surface area (Å²) < 4.78 is 18.3. The standard InChI is InChI=1S/C18H24FN3O2S/c1-3-20-18(22(2)11-14-8-9-25-13-14)21-10-16(23)12-24-17-6-4-15(19)5-7-17/h4-9,13,16,23H,3,10-12H2,1-2H3,(H,20,21). The number of aliphatic imine (C=N–C) groups is 1. The number of nitrogens with zero attached hydrogens (tertiary/aromatic N) is 2. The van der Waals surface area contributed by atoms with E-state index in [2.05, 4.69) is 21.8 Å². The first kappa shape index (κ1) is 19.2. The Hall–Kier alpha value is -2.12. The quantitative estimate of drug-likeness (QED) is 0.558. The van der Waals surface area contributed by atoms with E-state index < -0.39 is 6.10 Å². The molecule has 1 atom stereocenters. The van der Waals surface area contributed by atoms with Crippen molar-refractivity contribution in [3.63, 3.8) is 0 Å². The van der Waals surface area contributed by atoms with Crippen LogP contribution in [0.15, 0.2) is 46.1 Å². The van der Waals surface area contributed by atoms with Gasteiger partial charge >= 0.3 is 0 Å². The van der Waals surface area contributed by atoms with Crippen LogP contribution in [0, 0.1) is 5.82 Å². The Morgan fingerprint density at radius 1 is 1.36 bits per heavy atom. The van der Waals surface area contributed by atoms with Gasteiger partial charge in [-0.15, -0.1) is 0 Å². The molecule has 0 aliphatic heterocycles. The van der Waals surface area contributed by atoms with Gasteiger partial charge in [0.2, 0.25) is 0 Å². The second kappa shape index (κ2) is 10.0. The molecule has 0 radical (unpaired) electrons. The largest absolute Gasteiger partial charge is 0.491 e. The zero-order valence-electron chi connectivity index (χ0n) is 14.5. The van der Waals surface area contributed by atoms with Crippen LogP contribution in [-0.2, 0) is 6.54 Å². The fraction of sp³-hybridized carbons (Fsp3) is 0.389.